The minimum atomic E-state index is -4.22. The molecule has 13 nitrogen and oxygen atoms in total. The van der Waals surface area contributed by atoms with Crippen LogP contribution < -0.4 is 45.3 Å². The number of likely N-dealkylation sites (tertiary alicyclic amines) is 1. The van der Waals surface area contributed by atoms with Gasteiger partial charge < -0.3 is 31.0 Å². The largest absolute Gasteiger partial charge is 1.00 e. The first-order chi connectivity index (χ1) is 55.3. The fraction of sp³-hybridized carbons (Fsp3) is 0.510. The number of aliphatic carboxylic acids is 1. The molecule has 0 spiro atoms. The van der Waals surface area contributed by atoms with Crippen LogP contribution in [0.5, 0.6) is 0 Å². The number of carbonyl (C=O) groups is 3. The Morgan fingerprint density at radius 2 is 0.800 bits per heavy atom. The average Bonchev–Trinajstić information content (AvgIpc) is 1.58. The van der Waals surface area contributed by atoms with Crippen LogP contribution in [0.1, 0.15) is 390 Å². The third-order valence-electron chi connectivity index (χ3n) is 21.4. The summed E-state index contributed by atoms with van der Waals surface area (Å²) in [6.07, 6.45) is 7.35. The van der Waals surface area contributed by atoms with Crippen molar-refractivity contribution in [2.45, 2.75) is 315 Å². The summed E-state index contributed by atoms with van der Waals surface area (Å²) >= 11 is 12.5. The third-order valence-corrected chi connectivity index (χ3v) is 23.8. The normalized spacial score (nSPS) is 12.7. The van der Waals surface area contributed by atoms with Gasteiger partial charge in [0.25, 0.3) is 0 Å². The molecule has 1 aliphatic rings. The van der Waals surface area contributed by atoms with Crippen LogP contribution in [0.3, 0.4) is 0 Å². The molecule has 1 atom stereocenters. The van der Waals surface area contributed by atoms with Crippen molar-refractivity contribution in [3.05, 3.63) is 254 Å². The molecule has 656 valence electrons. The van der Waals surface area contributed by atoms with Gasteiger partial charge in [-0.1, -0.05) is 335 Å². The van der Waals surface area contributed by atoms with Gasteiger partial charge in [0.1, 0.15) is 0 Å². The Morgan fingerprint density at radius 1 is 0.492 bits per heavy atom. The molecule has 8 aromatic rings. The van der Waals surface area contributed by atoms with Gasteiger partial charge in [-0.05, 0) is 245 Å². The van der Waals surface area contributed by atoms with Crippen molar-refractivity contribution < 1.29 is 57.5 Å². The molecule has 0 bridgehead atoms. The van der Waals surface area contributed by atoms with Crippen LogP contribution in [0.4, 0.5) is 17.1 Å². The standard InChI is InChI=1S/C24H37N5O3S.C14H19ClO.C14H20O2.C14H20.C12H18BrN.C12H17Br.C12H19N.Na/c1-17(2)20-10-19(11-21(13-20)18(3)4)12-24(30)26-33(31,32)29(23-14-25-28(6)15-23)16-22-8-7-9-27(22)5;2*1-9(2)12-5-11(7-14(15)16)6-13(8-12)10(3)4;1-6-12-7-13(10(2)3)9-14(8-12)11(4)5;1-7(2)10-5-9(13)6-11(8(3)4)12(10)14;1-8(2)10-5-11(9(3)4)7-12(13)6-10;1-8(2)10-6-5-7-11(9(3)4)12(10)13;/h10-11,13-15,17-18,22H,7-9,12,16H2,1-6H3,(H,26,30);5-6,8-10H,7H2,1-4H3;5-6,8-10H,7H2,1-4H3,(H,15,16);6-11H,1H2,2-5H3;5-8H,14H2,1-4H3;5-9H,1-4H3;5-9H,13H2,1-4H3;/q;;;;;;;+1/p-1/t22-;;;;;;;/m0......./s1. The molecule has 9 rings (SSSR count). The molecule has 1 amide bonds. The first-order valence-corrected chi connectivity index (χ1v) is 46.5. The summed E-state index contributed by atoms with van der Waals surface area (Å²) in [5, 5.41) is 12.6. The number of likely N-dealkylation sites (N-methyl/N-ethyl adjacent to an activating group) is 1. The molecule has 2 heterocycles. The molecule has 1 aromatic heterocycles. The Morgan fingerprint density at radius 3 is 1.08 bits per heavy atom. The van der Waals surface area contributed by atoms with Gasteiger partial charge >= 0.3 is 35.5 Å². The zero-order valence-corrected chi connectivity index (χ0v) is 85.8. The van der Waals surface area contributed by atoms with Crippen molar-refractivity contribution in [1.29, 1.82) is 0 Å². The molecular weight excluding hydrogens is 1670 g/mol. The number of hydrogen-bond acceptors (Lipinski definition) is 9. The topological polar surface area (TPSA) is 196 Å². The van der Waals surface area contributed by atoms with E-state index in [2.05, 4.69) is 344 Å². The number of halogens is 3. The molecule has 1 fully saturated rings. The minimum absolute atomic E-state index is 0. The fourth-order valence-corrected chi connectivity index (χ4v) is 15.9. The van der Waals surface area contributed by atoms with E-state index in [-0.39, 0.29) is 60.2 Å². The van der Waals surface area contributed by atoms with Crippen LogP contribution in [-0.4, -0.2) is 71.5 Å². The smallest absolute Gasteiger partial charge is 0.528 e. The van der Waals surface area contributed by atoms with Gasteiger partial charge in [0.15, 0.2) is 10.2 Å². The Balaban J connectivity index is 0.000000491. The maximum Gasteiger partial charge on any atom is 1.00 e. The van der Waals surface area contributed by atoms with Crippen molar-refractivity contribution in [3.8, 4) is 0 Å². The summed E-state index contributed by atoms with van der Waals surface area (Å²) in [4.78, 5) is 36.6. The average molecular weight is 1820 g/mol. The van der Waals surface area contributed by atoms with Crippen LogP contribution in [-0.2, 0) is 50.9 Å². The van der Waals surface area contributed by atoms with Crippen molar-refractivity contribution in [3.63, 3.8) is 0 Å². The molecule has 0 radical (unpaired) electrons. The quantitative estimate of drug-likeness (QED) is 0.0267. The summed E-state index contributed by atoms with van der Waals surface area (Å²) < 4.78 is 35.3. The summed E-state index contributed by atoms with van der Waals surface area (Å²) in [6.45, 7) is 65.8. The summed E-state index contributed by atoms with van der Waals surface area (Å²) in [5.74, 6) is 5.38. The number of nitrogen functional groups attached to an aromatic ring is 2. The van der Waals surface area contributed by atoms with Gasteiger partial charge in [0.2, 0.25) is 5.24 Å². The van der Waals surface area contributed by atoms with Gasteiger partial charge in [0, 0.05) is 59.0 Å². The number of para-hydroxylation sites is 1. The fourth-order valence-electron chi connectivity index (χ4n) is 13.5. The zero-order valence-electron chi connectivity index (χ0n) is 79.0. The second-order valence-electron chi connectivity index (χ2n) is 36.4. The number of carboxylic acid groups (broad SMARTS) is 1. The second-order valence-corrected chi connectivity index (χ2v) is 40.2. The number of hydrogen-bond donors (Lipinski definition) is 3. The molecule has 0 aliphatic carbocycles. The van der Waals surface area contributed by atoms with Crippen LogP contribution in [0.15, 0.2) is 149 Å². The summed E-state index contributed by atoms with van der Waals surface area (Å²) in [7, 11) is -0.500. The molecule has 0 saturated carbocycles. The summed E-state index contributed by atoms with van der Waals surface area (Å²) in [6, 6.07) is 42.8. The molecule has 5 N–H and O–H groups in total. The Hall–Kier alpha value is -6.34. The maximum absolute atomic E-state index is 13.3. The number of rotatable bonds is 26. The zero-order chi connectivity index (χ0) is 90.5. The van der Waals surface area contributed by atoms with E-state index < -0.39 is 22.1 Å². The van der Waals surface area contributed by atoms with Crippen LogP contribution in [0, 0.1) is 0 Å². The number of nitrogens with two attached hydrogens (primary N) is 2. The van der Waals surface area contributed by atoms with Crippen molar-refractivity contribution in [2.75, 3.05) is 35.9 Å². The van der Waals surface area contributed by atoms with Crippen LogP contribution in [0.25, 0.3) is 10.8 Å². The van der Waals surface area contributed by atoms with E-state index in [0.717, 1.165) is 63.1 Å². The van der Waals surface area contributed by atoms with Crippen molar-refractivity contribution in [2.24, 2.45) is 7.05 Å². The predicted octanol–water partition coefficient (Wildman–Crippen LogP) is 25.8. The maximum atomic E-state index is 13.3. The third kappa shape index (κ3) is 37.2. The van der Waals surface area contributed by atoms with Gasteiger partial charge in [0.05, 0.1) is 24.2 Å². The predicted molar refractivity (Wildman–Crippen MR) is 520 cm³/mol. The van der Waals surface area contributed by atoms with Gasteiger partial charge in [-0.3, -0.25) is 18.6 Å². The molecule has 18 heteroatoms. The number of amides is 1. The summed E-state index contributed by atoms with van der Waals surface area (Å²) in [5.41, 5.74) is 36.5. The van der Waals surface area contributed by atoms with Gasteiger partial charge in [-0.2, -0.15) is 5.10 Å². The molecule has 0 unspecified atom stereocenters. The van der Waals surface area contributed by atoms with E-state index >= 15 is 0 Å². The van der Waals surface area contributed by atoms with Gasteiger partial charge in [-0.15, -0.1) is 0 Å². The SMILES string of the molecule is C=Cc1cc(C(C)C)cc(C(C)C)c1.CC(C)c1cc(Br)cc(C(C)C)c1.CC(C)c1cc(Br)cc(C(C)C)c1N.CC(C)c1cc(CC(=O)Cl)cc(C(C)C)c1.CC(C)c1cc(CC(=O)O)cc(C(C)C)c1.CC(C)c1cc(CC(=O)[N-]S(=O)(=O)N(C[C@@H]2CCCN2C)c2cnn(C)c2)cc(C(C)C)c1.CC(C)c1cccc(C(C)C)c1N.[Na+]. The molecule has 7 aromatic carbocycles. The van der Waals surface area contributed by atoms with Crippen LogP contribution >= 0.6 is 43.5 Å². The first-order valence-electron chi connectivity index (χ1n) is 43.1. The Labute approximate surface area is 771 Å². The Bertz CT molecular complexity index is 4390. The number of anilines is 3. The van der Waals surface area contributed by atoms with Gasteiger partial charge in [-0.25, -0.2) is 8.42 Å². The van der Waals surface area contributed by atoms with Crippen molar-refractivity contribution >= 4 is 93.9 Å². The van der Waals surface area contributed by atoms with E-state index in [9.17, 15) is 22.8 Å². The number of aromatic nitrogens is 2. The molecule has 1 saturated heterocycles. The second kappa shape index (κ2) is 52.4. The molecular formula is C102H149Br2ClN7NaO6S. The monoisotopic (exact) mass is 1820 g/mol. The van der Waals surface area contributed by atoms with E-state index in [4.69, 9.17) is 28.2 Å². The number of nitrogens with zero attached hydrogens (tertiary/aromatic N) is 5. The Kier molecular flexibility index (Phi) is 48.0. The minimum Gasteiger partial charge on any atom is -0.528 e. The van der Waals surface area contributed by atoms with E-state index in [1.807, 2.05) is 37.4 Å². The number of benzene rings is 7. The number of carbonyl (C=O) groups excluding carboxylic acids is 2. The number of aryl methyl sites for hydroxylation is 1. The molecule has 1 aliphatic heterocycles. The van der Waals surface area contributed by atoms with E-state index in [1.54, 1.807) is 17.9 Å². The first kappa shape index (κ1) is 110. The van der Waals surface area contributed by atoms with Crippen molar-refractivity contribution in [1.82, 2.24) is 14.7 Å². The number of carboxylic acids is 1. The van der Waals surface area contributed by atoms with E-state index in [1.165, 1.54) is 87.3 Å². The van der Waals surface area contributed by atoms with E-state index in [0.29, 0.717) is 95.0 Å². The van der Waals surface area contributed by atoms with Crippen LogP contribution in [0.2, 0.25) is 0 Å². The molecule has 120 heavy (non-hydrogen) atoms.